The number of nitrogens with zero attached hydrogens (tertiary/aromatic N) is 2. The van der Waals surface area contributed by atoms with Crippen molar-refractivity contribution in [2.24, 2.45) is 0 Å². The zero-order valence-electron chi connectivity index (χ0n) is 20.0. The number of fused-ring (bicyclic) bond motifs is 1. The van der Waals surface area contributed by atoms with Crippen LogP contribution >= 0.6 is 11.8 Å². The molecule has 0 aliphatic rings. The fraction of sp³-hybridized carbons (Fsp3) is 0.360. The van der Waals surface area contributed by atoms with Gasteiger partial charge in [0.15, 0.2) is 0 Å². The first-order valence-electron chi connectivity index (χ1n) is 11.0. The van der Waals surface area contributed by atoms with Crippen molar-refractivity contribution < 1.29 is 13.2 Å². The third kappa shape index (κ3) is 5.39. The molecule has 1 N–H and O–H groups in total. The Morgan fingerprint density at radius 1 is 1.06 bits per heavy atom. The highest BCUT2D eigenvalue weighted by Gasteiger charge is 2.23. The average molecular weight is 486 g/mol. The minimum atomic E-state index is -3.54. The van der Waals surface area contributed by atoms with Gasteiger partial charge in [-0.3, -0.25) is 4.79 Å². The summed E-state index contributed by atoms with van der Waals surface area (Å²) in [6.07, 6.45) is 0. The molecule has 3 rings (SSSR count). The Labute approximate surface area is 200 Å². The summed E-state index contributed by atoms with van der Waals surface area (Å²) in [7, 11) is -3.54. The summed E-state index contributed by atoms with van der Waals surface area (Å²) in [6.45, 7) is 12.3. The number of thioether (sulfide) groups is 1. The lowest BCUT2D eigenvalue weighted by Crippen LogP contribution is -2.30. The summed E-state index contributed by atoms with van der Waals surface area (Å²) in [5.41, 5.74) is 4.62. The van der Waals surface area contributed by atoms with Gasteiger partial charge >= 0.3 is 0 Å². The van der Waals surface area contributed by atoms with Gasteiger partial charge in [-0.15, -0.1) is 0 Å². The first-order valence-corrected chi connectivity index (χ1v) is 13.4. The van der Waals surface area contributed by atoms with E-state index in [4.69, 9.17) is 0 Å². The molecule has 2 aromatic carbocycles. The molecule has 0 saturated carbocycles. The Bertz CT molecular complexity index is 1290. The summed E-state index contributed by atoms with van der Waals surface area (Å²) in [5, 5.41) is 4.18. The Kier molecular flexibility index (Phi) is 7.82. The van der Waals surface area contributed by atoms with Gasteiger partial charge in [0, 0.05) is 24.2 Å². The van der Waals surface area contributed by atoms with Gasteiger partial charge in [-0.25, -0.2) is 13.4 Å². The number of carbonyl (C=O) groups is 1. The number of carbonyl (C=O) groups excluding carboxylic acids is 1. The number of anilines is 1. The predicted molar refractivity (Wildman–Crippen MR) is 136 cm³/mol. The third-order valence-electron chi connectivity index (χ3n) is 5.84. The fourth-order valence-electron chi connectivity index (χ4n) is 3.63. The second-order valence-corrected chi connectivity index (χ2v) is 11.3. The van der Waals surface area contributed by atoms with E-state index in [1.54, 1.807) is 18.2 Å². The van der Waals surface area contributed by atoms with Gasteiger partial charge in [0.2, 0.25) is 15.9 Å². The molecule has 0 radical (unpaired) electrons. The Hall–Kier alpha value is -2.42. The lowest BCUT2D eigenvalue weighted by atomic mass is 10.1. The van der Waals surface area contributed by atoms with Crippen LogP contribution < -0.4 is 5.32 Å². The Morgan fingerprint density at radius 2 is 1.76 bits per heavy atom. The van der Waals surface area contributed by atoms with Crippen molar-refractivity contribution >= 4 is 44.3 Å². The Balaban J connectivity index is 1.83. The molecule has 33 heavy (non-hydrogen) atoms. The monoisotopic (exact) mass is 485 g/mol. The molecule has 1 atom stereocenters. The molecule has 0 aliphatic carbocycles. The minimum absolute atomic E-state index is 0.0890. The molecule has 176 valence electrons. The van der Waals surface area contributed by atoms with Crippen molar-refractivity contribution in [3.8, 4) is 0 Å². The second-order valence-electron chi connectivity index (χ2n) is 8.04. The van der Waals surface area contributed by atoms with Gasteiger partial charge in [-0.2, -0.15) is 4.31 Å². The number of benzene rings is 2. The molecule has 1 amide bonds. The maximum Gasteiger partial charge on any atom is 0.243 e. The third-order valence-corrected chi connectivity index (χ3v) is 8.90. The lowest BCUT2D eigenvalue weighted by Gasteiger charge is -2.19. The van der Waals surface area contributed by atoms with E-state index >= 15 is 0 Å². The van der Waals surface area contributed by atoms with Gasteiger partial charge in [0.25, 0.3) is 0 Å². The quantitative estimate of drug-likeness (QED) is 0.438. The standard InChI is InChI=1S/C25H31N3O3S2/c1-7-28(8-2)33(30,31)20-12-13-23-21(15-20)17(4)14-24(26-23)32-19(6)25(29)27-22-11-9-10-16(3)18(22)5/h9-15,19H,7-8H2,1-6H3,(H,27,29). The largest absolute Gasteiger partial charge is 0.325 e. The number of rotatable bonds is 8. The van der Waals surface area contributed by atoms with Crippen molar-refractivity contribution in [3.63, 3.8) is 0 Å². The molecule has 0 aliphatic heterocycles. The van der Waals surface area contributed by atoms with Gasteiger partial charge in [-0.1, -0.05) is 37.7 Å². The van der Waals surface area contributed by atoms with Crippen LogP contribution in [-0.2, 0) is 14.8 Å². The molecule has 1 heterocycles. The van der Waals surface area contributed by atoms with Crippen LogP contribution in [0.5, 0.6) is 0 Å². The van der Waals surface area contributed by atoms with Crippen LogP contribution in [0.2, 0.25) is 0 Å². The summed E-state index contributed by atoms with van der Waals surface area (Å²) >= 11 is 1.38. The molecule has 1 unspecified atom stereocenters. The highest BCUT2D eigenvalue weighted by Crippen LogP contribution is 2.29. The van der Waals surface area contributed by atoms with Gasteiger partial charge in [0.05, 0.1) is 20.7 Å². The molecule has 0 spiro atoms. The van der Waals surface area contributed by atoms with Gasteiger partial charge in [-0.05, 0) is 74.7 Å². The molecule has 8 heteroatoms. The van der Waals surface area contributed by atoms with Crippen LogP contribution in [-0.4, -0.2) is 42.0 Å². The lowest BCUT2D eigenvalue weighted by molar-refractivity contribution is -0.115. The maximum absolute atomic E-state index is 12.9. The van der Waals surface area contributed by atoms with Crippen LogP contribution in [0.15, 0.2) is 52.4 Å². The van der Waals surface area contributed by atoms with E-state index in [0.29, 0.717) is 18.6 Å². The van der Waals surface area contributed by atoms with Crippen LogP contribution in [0.25, 0.3) is 10.9 Å². The van der Waals surface area contributed by atoms with Gasteiger partial charge < -0.3 is 5.32 Å². The molecule has 6 nitrogen and oxygen atoms in total. The van der Waals surface area contributed by atoms with Crippen LogP contribution in [0.4, 0.5) is 5.69 Å². The smallest absolute Gasteiger partial charge is 0.243 e. The van der Waals surface area contributed by atoms with Crippen molar-refractivity contribution in [2.45, 2.75) is 56.7 Å². The summed E-state index contributed by atoms with van der Waals surface area (Å²) in [5.74, 6) is -0.0890. The number of nitrogens with one attached hydrogen (secondary N) is 1. The number of aromatic nitrogens is 1. The topological polar surface area (TPSA) is 79.4 Å². The van der Waals surface area contributed by atoms with E-state index in [0.717, 1.165) is 32.8 Å². The number of hydrogen-bond acceptors (Lipinski definition) is 5. The maximum atomic E-state index is 12.9. The molecule has 0 saturated heterocycles. The highest BCUT2D eigenvalue weighted by molar-refractivity contribution is 8.00. The normalized spacial score (nSPS) is 12.8. The fourth-order valence-corrected chi connectivity index (χ4v) is 6.04. The highest BCUT2D eigenvalue weighted by atomic mass is 32.2. The van der Waals surface area contributed by atoms with Crippen molar-refractivity contribution in [1.82, 2.24) is 9.29 Å². The number of pyridine rings is 1. The minimum Gasteiger partial charge on any atom is -0.325 e. The van der Waals surface area contributed by atoms with E-state index < -0.39 is 10.0 Å². The second kappa shape index (κ2) is 10.2. The van der Waals surface area contributed by atoms with Crippen LogP contribution in [0.3, 0.4) is 0 Å². The molecular weight excluding hydrogens is 454 g/mol. The molecule has 1 aromatic heterocycles. The van der Waals surface area contributed by atoms with E-state index in [9.17, 15) is 13.2 Å². The van der Waals surface area contributed by atoms with Crippen molar-refractivity contribution in [3.05, 3.63) is 59.2 Å². The number of sulfonamides is 1. The van der Waals surface area contributed by atoms with Crippen molar-refractivity contribution in [2.75, 3.05) is 18.4 Å². The zero-order valence-corrected chi connectivity index (χ0v) is 21.6. The number of amides is 1. The molecular formula is C25H31N3O3S2. The Morgan fingerprint density at radius 3 is 2.42 bits per heavy atom. The van der Waals surface area contributed by atoms with E-state index in [1.165, 1.54) is 16.1 Å². The van der Waals surface area contributed by atoms with E-state index in [2.05, 4.69) is 10.3 Å². The molecule has 3 aromatic rings. The summed E-state index contributed by atoms with van der Waals surface area (Å²) in [4.78, 5) is 17.7. The summed E-state index contributed by atoms with van der Waals surface area (Å²) in [6, 6.07) is 12.8. The summed E-state index contributed by atoms with van der Waals surface area (Å²) < 4.78 is 27.2. The van der Waals surface area contributed by atoms with Crippen LogP contribution in [0, 0.1) is 20.8 Å². The number of hydrogen-bond donors (Lipinski definition) is 1. The molecule has 0 bridgehead atoms. The van der Waals surface area contributed by atoms with Gasteiger partial charge in [0.1, 0.15) is 0 Å². The first kappa shape index (κ1) is 25.2. The average Bonchev–Trinajstić information content (AvgIpc) is 2.77. The SMILES string of the molecule is CCN(CC)S(=O)(=O)c1ccc2nc(SC(C)C(=O)Nc3cccc(C)c3C)cc(C)c2c1. The van der Waals surface area contributed by atoms with Crippen molar-refractivity contribution in [1.29, 1.82) is 0 Å². The van der Waals surface area contributed by atoms with E-state index in [-0.39, 0.29) is 16.1 Å². The molecule has 0 fully saturated rings. The first-order chi connectivity index (χ1) is 15.6. The zero-order chi connectivity index (χ0) is 24.3. The predicted octanol–water partition coefficient (Wildman–Crippen LogP) is 5.31. The number of aryl methyl sites for hydroxylation is 2. The van der Waals surface area contributed by atoms with E-state index in [1.807, 2.05) is 65.8 Å². The van der Waals surface area contributed by atoms with Crippen LogP contribution in [0.1, 0.15) is 37.5 Å².